The first-order valence-corrected chi connectivity index (χ1v) is 20.2. The average molecular weight is 768 g/mol. The fraction of sp³-hybridized carbons (Fsp3) is 0.0370. The van der Waals surface area contributed by atoms with Crippen molar-refractivity contribution in [3.05, 3.63) is 192 Å². The minimum absolute atomic E-state index is 0.461. The van der Waals surface area contributed by atoms with Crippen LogP contribution in [0.15, 0.2) is 174 Å². The Kier molecular flexibility index (Phi) is 7.38. The van der Waals surface area contributed by atoms with Gasteiger partial charge in [-0.3, -0.25) is 0 Å². The van der Waals surface area contributed by atoms with Crippen molar-refractivity contribution in [3.63, 3.8) is 0 Å². The summed E-state index contributed by atoms with van der Waals surface area (Å²) in [6.07, 6.45) is 6.14. The van der Waals surface area contributed by atoms with Gasteiger partial charge in [0.15, 0.2) is 5.58 Å². The third kappa shape index (κ3) is 4.86. The van der Waals surface area contributed by atoms with Crippen molar-refractivity contribution < 1.29 is 4.42 Å². The molecule has 60 heavy (non-hydrogen) atoms. The maximum Gasteiger partial charge on any atom is 0.160 e. The number of anilines is 3. The molecule has 0 saturated heterocycles. The molecule has 12 rings (SSSR count). The number of allylic oxidation sites excluding steroid dienone is 1. The van der Waals surface area contributed by atoms with Crippen LogP contribution in [-0.4, -0.2) is 9.13 Å². The minimum Gasteiger partial charge on any atom is -0.454 e. The molecule has 3 aromatic heterocycles. The Hall–Kier alpha value is -8.32. The van der Waals surface area contributed by atoms with E-state index in [0.29, 0.717) is 22.5 Å². The van der Waals surface area contributed by atoms with E-state index in [9.17, 15) is 10.5 Å². The number of benzene rings is 8. The largest absolute Gasteiger partial charge is 0.454 e. The van der Waals surface area contributed by atoms with Crippen LogP contribution in [0, 0.1) is 22.7 Å². The molecule has 0 aliphatic heterocycles. The molecule has 0 bridgehead atoms. The second-order valence-electron chi connectivity index (χ2n) is 15.4. The van der Waals surface area contributed by atoms with Gasteiger partial charge in [-0.2, -0.15) is 10.5 Å². The fourth-order valence-corrected chi connectivity index (χ4v) is 9.65. The van der Waals surface area contributed by atoms with Crippen molar-refractivity contribution in [1.82, 2.24) is 9.13 Å². The lowest BCUT2D eigenvalue weighted by atomic mass is 10.00. The van der Waals surface area contributed by atoms with Gasteiger partial charge in [-0.1, -0.05) is 97.1 Å². The molecule has 0 fully saturated rings. The van der Waals surface area contributed by atoms with Crippen LogP contribution < -0.4 is 4.90 Å². The van der Waals surface area contributed by atoms with E-state index in [1.807, 2.05) is 42.5 Å². The van der Waals surface area contributed by atoms with Gasteiger partial charge >= 0.3 is 0 Å². The normalized spacial score (nSPS) is 12.4. The van der Waals surface area contributed by atoms with Crippen molar-refractivity contribution in [2.45, 2.75) is 12.8 Å². The van der Waals surface area contributed by atoms with Crippen LogP contribution in [0.3, 0.4) is 0 Å². The lowest BCUT2D eigenvalue weighted by molar-refractivity contribution is 0.671. The summed E-state index contributed by atoms with van der Waals surface area (Å²) in [4.78, 5) is 2.27. The second kappa shape index (κ2) is 13.1. The summed E-state index contributed by atoms with van der Waals surface area (Å²) in [6, 6.07) is 61.5. The van der Waals surface area contributed by atoms with Crippen molar-refractivity contribution in [3.8, 4) is 23.5 Å². The van der Waals surface area contributed by atoms with Gasteiger partial charge in [0.1, 0.15) is 17.7 Å². The number of rotatable bonds is 5. The lowest BCUT2D eigenvalue weighted by Crippen LogP contribution is -2.09. The predicted octanol–water partition coefficient (Wildman–Crippen LogP) is 14.0. The van der Waals surface area contributed by atoms with E-state index in [2.05, 4.69) is 160 Å². The van der Waals surface area contributed by atoms with Crippen LogP contribution in [0.25, 0.3) is 82.9 Å². The standard InChI is InChI=1S/C54H33N5O/c55-32-35-30-50(59-46-21-11-9-19-41(46)43-25-26-44-42-20-10-12-22-51(42)60-54(44)53(43)59)36(33-56)29-49(35)58-47-28-24-39(57(37-14-3-1-4-15-37)38-16-5-2-6-17-38)31-45(47)52-40-18-8-7-13-34(40)23-27-48(52)58/h1-8,10-18,20-31H,9,19H2. The Bertz CT molecular complexity index is 3650. The second-order valence-corrected chi connectivity index (χ2v) is 15.4. The fourth-order valence-electron chi connectivity index (χ4n) is 9.65. The SMILES string of the molecule is N#Cc1cc(-n2c3ccc(N(c4ccccc4)c4ccccc4)cc3c3c4ccccc4ccc32)c(C#N)cc1-n1c2c(c3ccc4c5ccccc5oc4c31)CCC=C2. The molecule has 1 aliphatic carbocycles. The summed E-state index contributed by atoms with van der Waals surface area (Å²) in [5, 5.41) is 29.7. The first-order chi connectivity index (χ1) is 29.7. The molecule has 6 heteroatoms. The van der Waals surface area contributed by atoms with Crippen LogP contribution >= 0.6 is 0 Å². The zero-order valence-electron chi connectivity index (χ0n) is 32.3. The van der Waals surface area contributed by atoms with E-state index in [1.165, 1.54) is 5.56 Å². The predicted molar refractivity (Wildman–Crippen MR) is 244 cm³/mol. The highest BCUT2D eigenvalue weighted by molar-refractivity contribution is 6.22. The number of hydrogen-bond acceptors (Lipinski definition) is 4. The monoisotopic (exact) mass is 767 g/mol. The van der Waals surface area contributed by atoms with Crippen LogP contribution in [0.4, 0.5) is 17.1 Å². The molecular weight excluding hydrogens is 735 g/mol. The zero-order valence-corrected chi connectivity index (χ0v) is 32.3. The molecule has 0 radical (unpaired) electrons. The summed E-state index contributed by atoms with van der Waals surface area (Å²) >= 11 is 0. The topological polar surface area (TPSA) is 73.8 Å². The van der Waals surface area contributed by atoms with Crippen LogP contribution in [0.2, 0.25) is 0 Å². The third-order valence-electron chi connectivity index (χ3n) is 12.2. The third-order valence-corrected chi connectivity index (χ3v) is 12.2. The maximum absolute atomic E-state index is 11.1. The summed E-state index contributed by atoms with van der Waals surface area (Å²) in [5.74, 6) is 0. The molecular formula is C54H33N5O. The first kappa shape index (κ1) is 33.8. The quantitative estimate of drug-likeness (QED) is 0.175. The highest BCUT2D eigenvalue weighted by atomic mass is 16.3. The molecule has 0 N–H and O–H groups in total. The van der Waals surface area contributed by atoms with Gasteiger partial charge in [-0.05, 0) is 108 Å². The summed E-state index contributed by atoms with van der Waals surface area (Å²) in [7, 11) is 0. The number of aromatic nitrogens is 2. The van der Waals surface area contributed by atoms with E-state index >= 15 is 0 Å². The van der Waals surface area contributed by atoms with Gasteiger partial charge in [-0.15, -0.1) is 0 Å². The number of hydrogen-bond donors (Lipinski definition) is 0. The molecule has 0 spiro atoms. The zero-order chi connectivity index (χ0) is 39.9. The maximum atomic E-state index is 11.1. The Morgan fingerprint density at radius 2 is 1.18 bits per heavy atom. The highest BCUT2D eigenvalue weighted by Gasteiger charge is 2.27. The molecule has 0 atom stereocenters. The van der Waals surface area contributed by atoms with E-state index in [4.69, 9.17) is 4.42 Å². The molecule has 6 nitrogen and oxygen atoms in total. The van der Waals surface area contributed by atoms with E-state index in [-0.39, 0.29) is 0 Å². The Balaban J connectivity index is 1.14. The molecule has 3 heterocycles. The molecule has 280 valence electrons. The molecule has 11 aromatic rings. The van der Waals surface area contributed by atoms with E-state index in [1.54, 1.807) is 0 Å². The molecule has 0 saturated carbocycles. The smallest absolute Gasteiger partial charge is 0.160 e. The van der Waals surface area contributed by atoms with Gasteiger partial charge in [0.2, 0.25) is 0 Å². The Labute approximate surface area is 344 Å². The molecule has 0 unspecified atom stereocenters. The van der Waals surface area contributed by atoms with E-state index in [0.717, 1.165) is 101 Å². The number of aryl methyl sites for hydroxylation is 1. The number of fused-ring (bicyclic) bond motifs is 12. The first-order valence-electron chi connectivity index (χ1n) is 20.2. The summed E-state index contributed by atoms with van der Waals surface area (Å²) in [5.41, 5.74) is 11.9. The molecule has 8 aromatic carbocycles. The van der Waals surface area contributed by atoms with Crippen LogP contribution in [-0.2, 0) is 6.42 Å². The van der Waals surface area contributed by atoms with Gasteiger partial charge in [0, 0.05) is 49.7 Å². The lowest BCUT2D eigenvalue weighted by Gasteiger charge is -2.25. The van der Waals surface area contributed by atoms with Crippen LogP contribution in [0.1, 0.15) is 28.8 Å². The highest BCUT2D eigenvalue weighted by Crippen LogP contribution is 2.45. The van der Waals surface area contributed by atoms with Gasteiger partial charge < -0.3 is 18.5 Å². The van der Waals surface area contributed by atoms with Gasteiger partial charge in [0.25, 0.3) is 0 Å². The van der Waals surface area contributed by atoms with Crippen molar-refractivity contribution in [1.29, 1.82) is 10.5 Å². The Morgan fingerprint density at radius 1 is 0.533 bits per heavy atom. The van der Waals surface area contributed by atoms with Gasteiger partial charge in [-0.25, -0.2) is 0 Å². The average Bonchev–Trinajstić information content (AvgIpc) is 3.97. The van der Waals surface area contributed by atoms with Crippen molar-refractivity contribution in [2.75, 3.05) is 4.90 Å². The number of nitriles is 2. The van der Waals surface area contributed by atoms with Crippen molar-refractivity contribution in [2.24, 2.45) is 0 Å². The van der Waals surface area contributed by atoms with E-state index < -0.39 is 0 Å². The van der Waals surface area contributed by atoms with Crippen molar-refractivity contribution >= 4 is 88.6 Å². The molecule has 0 amide bonds. The summed E-state index contributed by atoms with van der Waals surface area (Å²) < 4.78 is 11.0. The summed E-state index contributed by atoms with van der Waals surface area (Å²) in [6.45, 7) is 0. The van der Waals surface area contributed by atoms with Crippen LogP contribution in [0.5, 0.6) is 0 Å². The number of furan rings is 1. The number of para-hydroxylation sites is 3. The Morgan fingerprint density at radius 3 is 1.93 bits per heavy atom. The van der Waals surface area contributed by atoms with Gasteiger partial charge in [0.05, 0.1) is 39.1 Å². The minimum atomic E-state index is 0.461. The number of nitrogens with zero attached hydrogens (tertiary/aromatic N) is 5. The molecule has 1 aliphatic rings.